The van der Waals surface area contributed by atoms with E-state index in [0.717, 1.165) is 16.3 Å². The molecule has 2 aromatic rings. The third kappa shape index (κ3) is 4.12. The first-order chi connectivity index (χ1) is 9.99. The number of nitrogens with zero attached hydrogens (tertiary/aromatic N) is 2. The summed E-state index contributed by atoms with van der Waals surface area (Å²) in [6, 6.07) is 9.46. The molecule has 1 aromatic carbocycles. The molecule has 4 nitrogen and oxygen atoms in total. The molecule has 21 heavy (non-hydrogen) atoms. The van der Waals surface area contributed by atoms with Crippen LogP contribution in [-0.4, -0.2) is 16.0 Å². The number of benzene rings is 1. The Labute approximate surface area is 133 Å². The van der Waals surface area contributed by atoms with E-state index >= 15 is 0 Å². The molecule has 0 fully saturated rings. The third-order valence-corrected chi connectivity index (χ3v) is 4.22. The van der Waals surface area contributed by atoms with Crippen LogP contribution in [0.5, 0.6) is 0 Å². The minimum Gasteiger partial charge on any atom is -0.409 e. The van der Waals surface area contributed by atoms with E-state index < -0.39 is 0 Å². The zero-order valence-electron chi connectivity index (χ0n) is 11.8. The molecule has 0 saturated carbocycles. The van der Waals surface area contributed by atoms with Crippen LogP contribution in [0.1, 0.15) is 22.4 Å². The average Bonchev–Trinajstić information content (AvgIpc) is 2.44. The number of amidine groups is 1. The van der Waals surface area contributed by atoms with Crippen LogP contribution in [0.2, 0.25) is 5.02 Å². The molecule has 0 radical (unpaired) electrons. The SMILES string of the molecule is Cc1cc(C)nc(SCc2ccc(/C(N)=N/O)cc2Cl)c1. The molecule has 2 rings (SSSR count). The van der Waals surface area contributed by atoms with Crippen LogP contribution < -0.4 is 5.73 Å². The molecule has 110 valence electrons. The highest BCUT2D eigenvalue weighted by Gasteiger charge is 2.07. The van der Waals surface area contributed by atoms with Gasteiger partial charge in [-0.05, 0) is 43.2 Å². The first-order valence-corrected chi connectivity index (χ1v) is 7.70. The molecule has 1 aromatic heterocycles. The topological polar surface area (TPSA) is 71.5 Å². The quantitative estimate of drug-likeness (QED) is 0.296. The third-order valence-electron chi connectivity index (χ3n) is 2.91. The molecule has 0 atom stereocenters. The Balaban J connectivity index is 2.13. The van der Waals surface area contributed by atoms with E-state index in [1.54, 1.807) is 23.9 Å². The summed E-state index contributed by atoms with van der Waals surface area (Å²) in [5.74, 6) is 0.762. The van der Waals surface area contributed by atoms with Crippen molar-refractivity contribution in [1.82, 2.24) is 4.98 Å². The van der Waals surface area contributed by atoms with Gasteiger partial charge in [-0.2, -0.15) is 0 Å². The maximum absolute atomic E-state index is 8.66. The Bertz CT molecular complexity index is 668. The van der Waals surface area contributed by atoms with Gasteiger partial charge < -0.3 is 10.9 Å². The summed E-state index contributed by atoms with van der Waals surface area (Å²) in [7, 11) is 0. The van der Waals surface area contributed by atoms with Crippen LogP contribution in [0.4, 0.5) is 0 Å². The summed E-state index contributed by atoms with van der Waals surface area (Å²) in [6.07, 6.45) is 0. The zero-order valence-corrected chi connectivity index (χ0v) is 13.4. The van der Waals surface area contributed by atoms with Crippen molar-refractivity contribution in [1.29, 1.82) is 0 Å². The zero-order chi connectivity index (χ0) is 15.4. The van der Waals surface area contributed by atoms with Gasteiger partial charge in [-0.25, -0.2) is 4.98 Å². The number of nitrogens with two attached hydrogens (primary N) is 1. The van der Waals surface area contributed by atoms with Gasteiger partial charge in [0.2, 0.25) is 0 Å². The molecule has 6 heteroatoms. The predicted molar refractivity (Wildman–Crippen MR) is 87.2 cm³/mol. The fourth-order valence-electron chi connectivity index (χ4n) is 1.91. The van der Waals surface area contributed by atoms with Crippen molar-refractivity contribution >= 4 is 29.2 Å². The Morgan fingerprint density at radius 3 is 2.71 bits per heavy atom. The molecular formula is C15H16ClN3OS. The molecule has 0 spiro atoms. The van der Waals surface area contributed by atoms with Crippen molar-refractivity contribution in [2.45, 2.75) is 24.6 Å². The minimum atomic E-state index is 0.0482. The van der Waals surface area contributed by atoms with Crippen molar-refractivity contribution in [3.05, 3.63) is 57.7 Å². The second kappa shape index (κ2) is 6.83. The number of aromatic nitrogens is 1. The van der Waals surface area contributed by atoms with Gasteiger partial charge in [0.25, 0.3) is 0 Å². The van der Waals surface area contributed by atoms with E-state index in [2.05, 4.69) is 23.1 Å². The first-order valence-electron chi connectivity index (χ1n) is 6.34. The highest BCUT2D eigenvalue weighted by atomic mass is 35.5. The van der Waals surface area contributed by atoms with Gasteiger partial charge in [0.15, 0.2) is 5.84 Å². The standard InChI is InChI=1S/C15H16ClN3OS/c1-9-5-10(2)18-14(6-9)21-8-12-4-3-11(7-13(12)16)15(17)19-20/h3-7,20H,8H2,1-2H3,(H2,17,19). The van der Waals surface area contributed by atoms with Gasteiger partial charge >= 0.3 is 0 Å². The van der Waals surface area contributed by atoms with Gasteiger partial charge in [0.05, 0.1) is 5.03 Å². The molecule has 0 aliphatic rings. The van der Waals surface area contributed by atoms with Gasteiger partial charge in [-0.1, -0.05) is 28.9 Å². The number of hydrogen-bond donors (Lipinski definition) is 2. The number of aryl methyl sites for hydroxylation is 2. The Morgan fingerprint density at radius 2 is 2.10 bits per heavy atom. The molecule has 0 unspecified atom stereocenters. The fraction of sp³-hybridized carbons (Fsp3) is 0.200. The summed E-state index contributed by atoms with van der Waals surface area (Å²) in [5, 5.41) is 13.2. The largest absolute Gasteiger partial charge is 0.409 e. The second-order valence-electron chi connectivity index (χ2n) is 4.70. The lowest BCUT2D eigenvalue weighted by atomic mass is 10.1. The number of hydrogen-bond acceptors (Lipinski definition) is 4. The lowest BCUT2D eigenvalue weighted by Gasteiger charge is -2.07. The average molecular weight is 322 g/mol. The number of pyridine rings is 1. The van der Waals surface area contributed by atoms with Gasteiger partial charge in [0.1, 0.15) is 0 Å². The molecule has 0 bridgehead atoms. The molecule has 1 heterocycles. The van der Waals surface area contributed by atoms with Crippen molar-refractivity contribution in [2.24, 2.45) is 10.9 Å². The molecule has 0 saturated heterocycles. The van der Waals surface area contributed by atoms with Crippen LogP contribution in [0.15, 0.2) is 40.5 Å². The van der Waals surface area contributed by atoms with Crippen molar-refractivity contribution in [3.63, 3.8) is 0 Å². The van der Waals surface area contributed by atoms with Gasteiger partial charge in [-0.15, -0.1) is 11.8 Å². The van der Waals surface area contributed by atoms with E-state index in [4.69, 9.17) is 22.5 Å². The van der Waals surface area contributed by atoms with E-state index in [9.17, 15) is 0 Å². The molecular weight excluding hydrogens is 306 g/mol. The monoisotopic (exact) mass is 321 g/mol. The Kier molecular flexibility index (Phi) is 5.09. The van der Waals surface area contributed by atoms with E-state index in [0.29, 0.717) is 16.3 Å². The van der Waals surface area contributed by atoms with Crippen molar-refractivity contribution in [2.75, 3.05) is 0 Å². The molecule has 0 amide bonds. The van der Waals surface area contributed by atoms with Crippen LogP contribution >= 0.6 is 23.4 Å². The Morgan fingerprint density at radius 1 is 1.33 bits per heavy atom. The lowest BCUT2D eigenvalue weighted by Crippen LogP contribution is -2.12. The highest BCUT2D eigenvalue weighted by Crippen LogP contribution is 2.27. The van der Waals surface area contributed by atoms with E-state index in [-0.39, 0.29) is 5.84 Å². The number of halogens is 1. The number of oxime groups is 1. The summed E-state index contributed by atoms with van der Waals surface area (Å²) in [4.78, 5) is 4.49. The number of thioether (sulfide) groups is 1. The minimum absolute atomic E-state index is 0.0482. The van der Waals surface area contributed by atoms with E-state index in [1.807, 2.05) is 19.1 Å². The smallest absolute Gasteiger partial charge is 0.170 e. The fourth-order valence-corrected chi connectivity index (χ4v) is 3.27. The number of rotatable bonds is 4. The van der Waals surface area contributed by atoms with Crippen LogP contribution in [0.3, 0.4) is 0 Å². The van der Waals surface area contributed by atoms with Gasteiger partial charge in [0, 0.05) is 22.0 Å². The van der Waals surface area contributed by atoms with Crippen LogP contribution in [0.25, 0.3) is 0 Å². The van der Waals surface area contributed by atoms with Crippen molar-refractivity contribution in [3.8, 4) is 0 Å². The molecule has 0 aliphatic heterocycles. The first kappa shape index (κ1) is 15.7. The predicted octanol–water partition coefficient (Wildman–Crippen LogP) is 3.74. The molecule has 0 aliphatic carbocycles. The van der Waals surface area contributed by atoms with E-state index in [1.165, 1.54) is 5.56 Å². The maximum atomic E-state index is 8.66. The Hall–Kier alpha value is -1.72. The summed E-state index contributed by atoms with van der Waals surface area (Å²) in [6.45, 7) is 4.04. The maximum Gasteiger partial charge on any atom is 0.170 e. The summed E-state index contributed by atoms with van der Waals surface area (Å²) in [5.41, 5.74) is 9.32. The lowest BCUT2D eigenvalue weighted by molar-refractivity contribution is 0.318. The van der Waals surface area contributed by atoms with Crippen molar-refractivity contribution < 1.29 is 5.21 Å². The summed E-state index contributed by atoms with van der Waals surface area (Å²) >= 11 is 7.86. The van der Waals surface area contributed by atoms with Crippen LogP contribution in [0, 0.1) is 13.8 Å². The normalized spacial score (nSPS) is 11.7. The second-order valence-corrected chi connectivity index (χ2v) is 6.11. The highest BCUT2D eigenvalue weighted by molar-refractivity contribution is 7.98. The molecule has 3 N–H and O–H groups in total. The van der Waals surface area contributed by atoms with Gasteiger partial charge in [-0.3, -0.25) is 0 Å². The summed E-state index contributed by atoms with van der Waals surface area (Å²) < 4.78 is 0. The van der Waals surface area contributed by atoms with Crippen LogP contribution in [-0.2, 0) is 5.75 Å².